The van der Waals surface area contributed by atoms with Crippen molar-refractivity contribution in [1.29, 1.82) is 0 Å². The molecule has 1 saturated heterocycles. The summed E-state index contributed by atoms with van der Waals surface area (Å²) in [5.41, 5.74) is 5.81. The monoisotopic (exact) mass is 287 g/mol. The zero-order valence-electron chi connectivity index (χ0n) is 12.4. The lowest BCUT2D eigenvalue weighted by Gasteiger charge is -2.33. The fourth-order valence-electron chi connectivity index (χ4n) is 2.49. The van der Waals surface area contributed by atoms with Gasteiger partial charge in [0.2, 0.25) is 5.91 Å². The number of thioether (sulfide) groups is 1. The number of carbonyl (C=O) groups is 1. The summed E-state index contributed by atoms with van der Waals surface area (Å²) in [4.78, 5) is 14.2. The molecule has 0 aromatic heterocycles. The highest BCUT2D eigenvalue weighted by Crippen LogP contribution is 2.15. The highest BCUT2D eigenvalue weighted by Gasteiger charge is 2.17. The van der Waals surface area contributed by atoms with E-state index in [0.717, 1.165) is 31.7 Å². The number of nitrogens with one attached hydrogen (secondary N) is 1. The van der Waals surface area contributed by atoms with Crippen LogP contribution in [0, 0.1) is 0 Å². The number of carbonyl (C=O) groups excluding carboxylic acids is 1. The van der Waals surface area contributed by atoms with E-state index >= 15 is 0 Å². The van der Waals surface area contributed by atoms with Crippen LogP contribution in [0.5, 0.6) is 0 Å². The number of piperidine rings is 1. The van der Waals surface area contributed by atoms with Gasteiger partial charge in [0.15, 0.2) is 0 Å². The number of rotatable bonds is 8. The molecule has 1 aliphatic heterocycles. The highest BCUT2D eigenvalue weighted by atomic mass is 32.2. The van der Waals surface area contributed by atoms with E-state index in [1.54, 1.807) is 11.8 Å². The van der Waals surface area contributed by atoms with Crippen LogP contribution in [0.25, 0.3) is 0 Å². The van der Waals surface area contributed by atoms with Crippen LogP contribution in [0.2, 0.25) is 0 Å². The van der Waals surface area contributed by atoms with Crippen LogP contribution >= 0.6 is 11.8 Å². The number of hydrogen-bond acceptors (Lipinski definition) is 4. The summed E-state index contributed by atoms with van der Waals surface area (Å²) in [5, 5.41) is 2.95. The molecule has 0 aliphatic carbocycles. The van der Waals surface area contributed by atoms with Gasteiger partial charge in [-0.3, -0.25) is 4.79 Å². The Balaban J connectivity index is 2.07. The predicted octanol–water partition coefficient (Wildman–Crippen LogP) is 1.45. The molecule has 5 heteroatoms. The smallest absolute Gasteiger partial charge is 0.236 e. The van der Waals surface area contributed by atoms with Crippen LogP contribution < -0.4 is 11.1 Å². The second kappa shape index (κ2) is 9.61. The molecule has 1 unspecified atom stereocenters. The van der Waals surface area contributed by atoms with Crippen LogP contribution in [0.3, 0.4) is 0 Å². The average molecular weight is 287 g/mol. The largest absolute Gasteiger partial charge is 0.355 e. The maximum absolute atomic E-state index is 11.7. The standard InChI is InChI=1S/C14H29N3OS/c1-12-6-3-4-9-17(12)10-5-8-16-14(18)13(15)7-11-19-2/h12-13H,3-11,15H2,1-2H3,(H,16,18)/t12?,13-/m0/s1. The van der Waals surface area contributed by atoms with Gasteiger partial charge in [0.1, 0.15) is 0 Å². The molecular weight excluding hydrogens is 258 g/mol. The van der Waals surface area contributed by atoms with Crippen molar-refractivity contribution in [2.24, 2.45) is 5.73 Å². The first-order valence-electron chi connectivity index (χ1n) is 7.41. The summed E-state index contributed by atoms with van der Waals surface area (Å²) in [6.07, 6.45) is 7.80. The van der Waals surface area contributed by atoms with Gasteiger partial charge in [-0.1, -0.05) is 6.42 Å². The van der Waals surface area contributed by atoms with Crippen LogP contribution in [0.1, 0.15) is 39.0 Å². The molecule has 1 fully saturated rings. The van der Waals surface area contributed by atoms with Crippen molar-refractivity contribution < 1.29 is 4.79 Å². The van der Waals surface area contributed by atoms with Crippen LogP contribution in [0.15, 0.2) is 0 Å². The molecule has 1 heterocycles. The lowest BCUT2D eigenvalue weighted by atomic mass is 10.0. The molecular formula is C14H29N3OS. The second-order valence-corrected chi connectivity index (χ2v) is 6.40. The number of amides is 1. The first-order chi connectivity index (χ1) is 9.15. The number of likely N-dealkylation sites (tertiary alicyclic amines) is 1. The Labute approximate surface area is 121 Å². The lowest BCUT2D eigenvalue weighted by Crippen LogP contribution is -2.43. The molecule has 0 spiro atoms. The maximum Gasteiger partial charge on any atom is 0.236 e. The molecule has 0 radical (unpaired) electrons. The quantitative estimate of drug-likeness (QED) is 0.663. The number of nitrogens with zero attached hydrogens (tertiary/aromatic N) is 1. The first-order valence-corrected chi connectivity index (χ1v) is 8.80. The molecule has 0 aromatic rings. The van der Waals surface area contributed by atoms with Gasteiger partial charge in [-0.05, 0) is 51.2 Å². The van der Waals surface area contributed by atoms with Gasteiger partial charge in [0.05, 0.1) is 6.04 Å². The molecule has 1 amide bonds. The Morgan fingerprint density at radius 2 is 2.32 bits per heavy atom. The van der Waals surface area contributed by atoms with Gasteiger partial charge in [0, 0.05) is 19.1 Å². The fourth-order valence-corrected chi connectivity index (χ4v) is 2.98. The second-order valence-electron chi connectivity index (χ2n) is 5.41. The van der Waals surface area contributed by atoms with Crippen molar-refractivity contribution in [1.82, 2.24) is 10.2 Å². The zero-order valence-corrected chi connectivity index (χ0v) is 13.2. The third kappa shape index (κ3) is 6.63. The van der Waals surface area contributed by atoms with E-state index in [1.807, 2.05) is 6.26 Å². The number of nitrogens with two attached hydrogens (primary N) is 1. The van der Waals surface area contributed by atoms with Crippen molar-refractivity contribution in [2.75, 3.05) is 31.6 Å². The molecule has 3 N–H and O–H groups in total. The van der Waals surface area contributed by atoms with Crippen molar-refractivity contribution in [3.05, 3.63) is 0 Å². The van der Waals surface area contributed by atoms with E-state index in [0.29, 0.717) is 6.04 Å². The highest BCUT2D eigenvalue weighted by molar-refractivity contribution is 7.98. The zero-order chi connectivity index (χ0) is 14.1. The Kier molecular flexibility index (Phi) is 8.50. The maximum atomic E-state index is 11.7. The summed E-state index contributed by atoms with van der Waals surface area (Å²) < 4.78 is 0. The van der Waals surface area contributed by atoms with E-state index in [1.165, 1.54) is 25.8 Å². The Morgan fingerprint density at radius 3 is 3.00 bits per heavy atom. The van der Waals surface area contributed by atoms with E-state index in [-0.39, 0.29) is 11.9 Å². The van der Waals surface area contributed by atoms with E-state index in [2.05, 4.69) is 17.1 Å². The Morgan fingerprint density at radius 1 is 1.53 bits per heavy atom. The van der Waals surface area contributed by atoms with E-state index in [4.69, 9.17) is 5.73 Å². The SMILES string of the molecule is CSCC[C@H](N)C(=O)NCCCN1CCCCC1C. The molecule has 4 nitrogen and oxygen atoms in total. The van der Waals surface area contributed by atoms with E-state index in [9.17, 15) is 4.79 Å². The summed E-state index contributed by atoms with van der Waals surface area (Å²) in [6, 6.07) is 0.356. The summed E-state index contributed by atoms with van der Waals surface area (Å²) in [5.74, 6) is 0.945. The fraction of sp³-hybridized carbons (Fsp3) is 0.929. The molecule has 0 saturated carbocycles. The summed E-state index contributed by atoms with van der Waals surface area (Å²) in [6.45, 7) is 5.34. The van der Waals surface area contributed by atoms with Crippen LogP contribution in [0.4, 0.5) is 0 Å². The molecule has 19 heavy (non-hydrogen) atoms. The van der Waals surface area contributed by atoms with Gasteiger partial charge in [0.25, 0.3) is 0 Å². The minimum atomic E-state index is -0.346. The van der Waals surface area contributed by atoms with Crippen molar-refractivity contribution in [3.8, 4) is 0 Å². The minimum absolute atomic E-state index is 0.000688. The average Bonchev–Trinajstić information content (AvgIpc) is 2.42. The topological polar surface area (TPSA) is 58.4 Å². The molecule has 0 bridgehead atoms. The Bertz CT molecular complexity index is 263. The lowest BCUT2D eigenvalue weighted by molar-refractivity contribution is -0.122. The van der Waals surface area contributed by atoms with Gasteiger partial charge >= 0.3 is 0 Å². The van der Waals surface area contributed by atoms with Gasteiger partial charge < -0.3 is 16.0 Å². The summed E-state index contributed by atoms with van der Waals surface area (Å²) in [7, 11) is 0. The molecule has 112 valence electrons. The van der Waals surface area contributed by atoms with Crippen LogP contribution in [-0.4, -0.2) is 54.5 Å². The first kappa shape index (κ1) is 16.8. The van der Waals surface area contributed by atoms with Gasteiger partial charge in [-0.15, -0.1) is 0 Å². The van der Waals surface area contributed by atoms with Crippen molar-refractivity contribution >= 4 is 17.7 Å². The molecule has 0 aromatic carbocycles. The summed E-state index contributed by atoms with van der Waals surface area (Å²) >= 11 is 1.73. The predicted molar refractivity (Wildman–Crippen MR) is 83.5 cm³/mol. The van der Waals surface area contributed by atoms with Gasteiger partial charge in [-0.2, -0.15) is 11.8 Å². The molecule has 2 atom stereocenters. The van der Waals surface area contributed by atoms with Crippen LogP contribution in [-0.2, 0) is 4.79 Å². The number of hydrogen-bond donors (Lipinski definition) is 2. The molecule has 1 rings (SSSR count). The third-order valence-electron chi connectivity index (χ3n) is 3.83. The molecule has 1 aliphatic rings. The van der Waals surface area contributed by atoms with Crippen molar-refractivity contribution in [2.45, 2.75) is 51.1 Å². The van der Waals surface area contributed by atoms with Crippen molar-refractivity contribution in [3.63, 3.8) is 0 Å². The Hall–Kier alpha value is -0.260. The normalized spacial score (nSPS) is 22.2. The minimum Gasteiger partial charge on any atom is -0.355 e. The third-order valence-corrected chi connectivity index (χ3v) is 4.48. The van der Waals surface area contributed by atoms with Gasteiger partial charge in [-0.25, -0.2) is 0 Å². The van der Waals surface area contributed by atoms with E-state index < -0.39 is 0 Å².